The van der Waals surface area contributed by atoms with Gasteiger partial charge in [-0.2, -0.15) is 0 Å². The van der Waals surface area contributed by atoms with Crippen molar-refractivity contribution in [2.75, 3.05) is 28.6 Å². The van der Waals surface area contributed by atoms with Gasteiger partial charge in [0.1, 0.15) is 5.76 Å². The number of rotatable bonds is 6. The Morgan fingerprint density at radius 1 is 1.09 bits per heavy atom. The predicted molar refractivity (Wildman–Crippen MR) is 131 cm³/mol. The van der Waals surface area contributed by atoms with E-state index in [1.807, 2.05) is 29.2 Å². The molecule has 174 valence electrons. The Hall–Kier alpha value is -2.74. The maximum Gasteiger partial charge on any atom is 0.237 e. The molecule has 0 spiro atoms. The van der Waals surface area contributed by atoms with E-state index in [9.17, 15) is 4.79 Å². The average molecular weight is 466 g/mol. The fourth-order valence-electron chi connectivity index (χ4n) is 4.79. The Morgan fingerprint density at radius 2 is 1.91 bits per heavy atom. The number of carbonyl (C=O) groups is 1. The Labute approximate surface area is 199 Å². The van der Waals surface area contributed by atoms with Crippen LogP contribution in [0.2, 0.25) is 0 Å². The van der Waals surface area contributed by atoms with Crippen LogP contribution < -0.4 is 9.80 Å². The van der Waals surface area contributed by atoms with Crippen LogP contribution in [0.1, 0.15) is 44.4 Å². The highest BCUT2D eigenvalue weighted by atomic mass is 32.2. The van der Waals surface area contributed by atoms with Crippen molar-refractivity contribution in [3.05, 3.63) is 54.0 Å². The van der Waals surface area contributed by atoms with Crippen LogP contribution in [0.5, 0.6) is 0 Å². The summed E-state index contributed by atoms with van der Waals surface area (Å²) in [5, 5.41) is 9.79. The van der Waals surface area contributed by atoms with Crippen LogP contribution in [0.3, 0.4) is 0 Å². The van der Waals surface area contributed by atoms with Crippen molar-refractivity contribution in [3.8, 4) is 0 Å². The summed E-state index contributed by atoms with van der Waals surface area (Å²) in [6, 6.07) is 12.3. The van der Waals surface area contributed by atoms with E-state index in [-0.39, 0.29) is 11.9 Å². The normalized spacial score (nSPS) is 19.0. The SMILES string of the molecule is CC1CCN(c2nnc(SCC(=O)N3c4ccccc4CCC3C)n2Cc2ccco2)CC1. The molecular weight excluding hydrogens is 434 g/mol. The first-order chi connectivity index (χ1) is 16.1. The standard InChI is InChI=1S/C25H31N5O2S/c1-18-11-13-28(14-12-18)24-26-27-25(29(24)16-21-7-5-15-32-21)33-17-23(31)30-19(2)9-10-20-6-3-4-8-22(20)30/h3-8,15,18-19H,9-14,16-17H2,1-2H3. The van der Waals surface area contributed by atoms with E-state index in [2.05, 4.69) is 45.6 Å². The molecule has 1 amide bonds. The third-order valence-electron chi connectivity index (χ3n) is 6.77. The van der Waals surface area contributed by atoms with Crippen molar-refractivity contribution in [1.82, 2.24) is 14.8 Å². The first-order valence-electron chi connectivity index (χ1n) is 11.8. The molecule has 4 heterocycles. The number of carbonyl (C=O) groups excluding carboxylic acids is 1. The van der Waals surface area contributed by atoms with Crippen molar-refractivity contribution < 1.29 is 9.21 Å². The molecule has 1 aromatic carbocycles. The largest absolute Gasteiger partial charge is 0.467 e. The van der Waals surface area contributed by atoms with Gasteiger partial charge < -0.3 is 14.2 Å². The zero-order valence-corrected chi connectivity index (χ0v) is 20.1. The highest BCUT2D eigenvalue weighted by molar-refractivity contribution is 7.99. The van der Waals surface area contributed by atoms with Gasteiger partial charge in [-0.15, -0.1) is 10.2 Å². The summed E-state index contributed by atoms with van der Waals surface area (Å²) in [5.74, 6) is 2.90. The van der Waals surface area contributed by atoms with Gasteiger partial charge in [-0.1, -0.05) is 36.9 Å². The fraction of sp³-hybridized carbons (Fsp3) is 0.480. The number of fused-ring (bicyclic) bond motifs is 1. The summed E-state index contributed by atoms with van der Waals surface area (Å²) in [6.07, 6.45) is 6.00. The van der Waals surface area contributed by atoms with Gasteiger partial charge in [-0.05, 0) is 62.3 Å². The molecule has 3 aromatic rings. The number of hydrogen-bond donors (Lipinski definition) is 0. The van der Waals surface area contributed by atoms with E-state index < -0.39 is 0 Å². The van der Waals surface area contributed by atoms with Gasteiger partial charge in [0.25, 0.3) is 0 Å². The van der Waals surface area contributed by atoms with Gasteiger partial charge in [-0.3, -0.25) is 9.36 Å². The number of para-hydroxylation sites is 1. The molecule has 33 heavy (non-hydrogen) atoms. The van der Waals surface area contributed by atoms with Crippen LogP contribution >= 0.6 is 11.8 Å². The smallest absolute Gasteiger partial charge is 0.237 e. The summed E-state index contributed by atoms with van der Waals surface area (Å²) >= 11 is 1.46. The molecule has 2 aliphatic rings. The fourth-order valence-corrected chi connectivity index (χ4v) is 5.58. The number of amides is 1. The lowest BCUT2D eigenvalue weighted by molar-refractivity contribution is -0.116. The molecule has 1 unspecified atom stereocenters. The van der Waals surface area contributed by atoms with Crippen molar-refractivity contribution >= 4 is 29.3 Å². The molecule has 0 aliphatic carbocycles. The predicted octanol–water partition coefficient (Wildman–Crippen LogP) is 4.62. The van der Waals surface area contributed by atoms with Gasteiger partial charge >= 0.3 is 0 Å². The number of aromatic nitrogens is 3. The Balaban J connectivity index is 1.35. The van der Waals surface area contributed by atoms with Crippen molar-refractivity contribution in [2.24, 2.45) is 5.92 Å². The van der Waals surface area contributed by atoms with E-state index >= 15 is 0 Å². The molecule has 0 N–H and O–H groups in total. The average Bonchev–Trinajstić information content (AvgIpc) is 3.48. The minimum Gasteiger partial charge on any atom is -0.467 e. The molecule has 0 bridgehead atoms. The number of piperidine rings is 1. The molecule has 1 saturated heterocycles. The second kappa shape index (κ2) is 9.63. The Bertz CT molecular complexity index is 1090. The quantitative estimate of drug-likeness (QED) is 0.495. The summed E-state index contributed by atoms with van der Waals surface area (Å²) in [4.78, 5) is 17.6. The van der Waals surface area contributed by atoms with Crippen LogP contribution in [0, 0.1) is 5.92 Å². The van der Waals surface area contributed by atoms with Crippen LogP contribution in [0.25, 0.3) is 0 Å². The third-order valence-corrected chi connectivity index (χ3v) is 7.73. The second-order valence-electron chi connectivity index (χ2n) is 9.19. The van der Waals surface area contributed by atoms with Crippen LogP contribution in [-0.2, 0) is 17.8 Å². The zero-order chi connectivity index (χ0) is 22.8. The first kappa shape index (κ1) is 22.1. The monoisotopic (exact) mass is 465 g/mol. The number of nitrogens with zero attached hydrogens (tertiary/aromatic N) is 5. The lowest BCUT2D eigenvalue weighted by Gasteiger charge is -2.35. The van der Waals surface area contributed by atoms with E-state index in [0.29, 0.717) is 12.3 Å². The van der Waals surface area contributed by atoms with Crippen LogP contribution in [-0.4, -0.2) is 45.6 Å². The molecule has 8 heteroatoms. The second-order valence-corrected chi connectivity index (χ2v) is 10.1. The third kappa shape index (κ3) is 4.67. The van der Waals surface area contributed by atoms with E-state index in [1.165, 1.54) is 17.3 Å². The summed E-state index contributed by atoms with van der Waals surface area (Å²) in [7, 11) is 0. The summed E-state index contributed by atoms with van der Waals surface area (Å²) in [6.45, 7) is 6.94. The van der Waals surface area contributed by atoms with Gasteiger partial charge in [0.15, 0.2) is 5.16 Å². The van der Waals surface area contributed by atoms with Crippen LogP contribution in [0.15, 0.2) is 52.2 Å². The van der Waals surface area contributed by atoms with E-state index in [1.54, 1.807) is 6.26 Å². The van der Waals surface area contributed by atoms with Crippen LogP contribution in [0.4, 0.5) is 11.6 Å². The molecule has 2 aromatic heterocycles. The summed E-state index contributed by atoms with van der Waals surface area (Å²) in [5.41, 5.74) is 2.29. The highest BCUT2D eigenvalue weighted by Crippen LogP contribution is 2.32. The van der Waals surface area contributed by atoms with Gasteiger partial charge in [0.2, 0.25) is 11.9 Å². The molecule has 0 radical (unpaired) electrons. The number of hydrogen-bond acceptors (Lipinski definition) is 6. The van der Waals surface area contributed by atoms with E-state index in [0.717, 1.165) is 67.2 Å². The molecule has 1 atom stereocenters. The topological polar surface area (TPSA) is 67.4 Å². The number of thioether (sulfide) groups is 1. The van der Waals surface area contributed by atoms with Gasteiger partial charge in [-0.25, -0.2) is 0 Å². The minimum absolute atomic E-state index is 0.112. The van der Waals surface area contributed by atoms with Crippen molar-refractivity contribution in [2.45, 2.75) is 57.3 Å². The first-order valence-corrected chi connectivity index (χ1v) is 12.8. The highest BCUT2D eigenvalue weighted by Gasteiger charge is 2.29. The number of benzene rings is 1. The maximum atomic E-state index is 13.3. The number of aryl methyl sites for hydroxylation is 1. The maximum absolute atomic E-state index is 13.3. The van der Waals surface area contributed by atoms with E-state index in [4.69, 9.17) is 4.42 Å². The van der Waals surface area contributed by atoms with Gasteiger partial charge in [0, 0.05) is 24.8 Å². The molecular formula is C25H31N5O2S. The lowest BCUT2D eigenvalue weighted by atomic mass is 9.97. The Kier molecular flexibility index (Phi) is 6.44. The number of furan rings is 1. The molecule has 7 nitrogen and oxygen atoms in total. The van der Waals surface area contributed by atoms with Crippen molar-refractivity contribution in [1.29, 1.82) is 0 Å². The van der Waals surface area contributed by atoms with Gasteiger partial charge in [0.05, 0.1) is 18.6 Å². The number of anilines is 2. The minimum atomic E-state index is 0.112. The van der Waals surface area contributed by atoms with Crippen molar-refractivity contribution in [3.63, 3.8) is 0 Å². The zero-order valence-electron chi connectivity index (χ0n) is 19.3. The summed E-state index contributed by atoms with van der Waals surface area (Å²) < 4.78 is 7.71. The lowest BCUT2D eigenvalue weighted by Crippen LogP contribution is -2.43. The molecule has 2 aliphatic heterocycles. The molecule has 1 fully saturated rings. The molecule has 5 rings (SSSR count). The molecule has 0 saturated carbocycles. The Morgan fingerprint density at radius 3 is 2.70 bits per heavy atom.